The van der Waals surface area contributed by atoms with E-state index < -0.39 is 17.6 Å². The van der Waals surface area contributed by atoms with E-state index in [1.54, 1.807) is 30.3 Å². The Morgan fingerprint density at radius 2 is 1.76 bits per heavy atom. The van der Waals surface area contributed by atoms with Crippen molar-refractivity contribution < 1.29 is 18.7 Å². The van der Waals surface area contributed by atoms with E-state index in [9.17, 15) is 13.6 Å². The number of hydrogen-bond acceptors (Lipinski definition) is 3. The molecule has 0 unspecified atom stereocenters. The maximum Gasteiger partial charge on any atom is 0.307 e. The molecule has 0 atom stereocenters. The first kappa shape index (κ1) is 15.0. The molecule has 0 aliphatic carbocycles. The van der Waals surface area contributed by atoms with Crippen molar-refractivity contribution in [1.82, 2.24) is 0 Å². The Balaban J connectivity index is 2.23. The Labute approximate surface area is 123 Å². The highest BCUT2D eigenvalue weighted by atomic mass is 32.2. The minimum Gasteiger partial charge on any atom is -0.481 e. The van der Waals surface area contributed by atoms with Gasteiger partial charge in [0, 0.05) is 4.90 Å². The van der Waals surface area contributed by atoms with Crippen molar-refractivity contribution in [3.05, 3.63) is 59.2 Å². The quantitative estimate of drug-likeness (QED) is 0.937. The van der Waals surface area contributed by atoms with Crippen LogP contribution in [-0.4, -0.2) is 11.1 Å². The molecule has 0 saturated heterocycles. The van der Waals surface area contributed by atoms with Crippen LogP contribution in [0.25, 0.3) is 0 Å². The molecule has 2 aromatic carbocycles. The van der Waals surface area contributed by atoms with Crippen LogP contribution in [0.3, 0.4) is 0 Å². The number of carboxylic acid groups (broad SMARTS) is 1. The number of carboxylic acids is 1. The van der Waals surface area contributed by atoms with Gasteiger partial charge in [0.25, 0.3) is 0 Å². The summed E-state index contributed by atoms with van der Waals surface area (Å²) in [6, 6.07) is 10.0. The van der Waals surface area contributed by atoms with Gasteiger partial charge in [-0.1, -0.05) is 23.9 Å². The zero-order valence-corrected chi connectivity index (χ0v) is 11.5. The van der Waals surface area contributed by atoms with Crippen LogP contribution in [0.4, 0.5) is 8.78 Å². The van der Waals surface area contributed by atoms with E-state index in [0.29, 0.717) is 10.5 Å². The van der Waals surface area contributed by atoms with Crippen LogP contribution < -0.4 is 0 Å². The smallest absolute Gasteiger partial charge is 0.307 e. The van der Waals surface area contributed by atoms with Gasteiger partial charge in [0.05, 0.1) is 22.9 Å². The maximum atomic E-state index is 13.7. The van der Waals surface area contributed by atoms with Gasteiger partial charge in [-0.2, -0.15) is 5.26 Å². The zero-order valence-electron chi connectivity index (χ0n) is 10.6. The van der Waals surface area contributed by atoms with E-state index >= 15 is 0 Å². The number of benzene rings is 2. The van der Waals surface area contributed by atoms with E-state index in [1.165, 1.54) is 0 Å². The standard InChI is InChI=1S/C15H9F2NO2S/c16-12-5-10(8-18)6-13(17)15(12)21-11-3-1-9(2-4-11)7-14(19)20/h1-6H,7H2,(H,19,20). The molecule has 0 bridgehead atoms. The second-order valence-corrected chi connectivity index (χ2v) is 5.28. The van der Waals surface area contributed by atoms with Crippen LogP contribution in [0, 0.1) is 23.0 Å². The number of aliphatic carboxylic acids is 1. The van der Waals surface area contributed by atoms with Gasteiger partial charge in [-0.3, -0.25) is 4.79 Å². The molecule has 2 aromatic rings. The molecule has 0 aromatic heterocycles. The summed E-state index contributed by atoms with van der Waals surface area (Å²) in [5.74, 6) is -2.54. The lowest BCUT2D eigenvalue weighted by Gasteiger charge is -2.06. The second-order valence-electron chi connectivity index (χ2n) is 4.20. The number of rotatable bonds is 4. The van der Waals surface area contributed by atoms with E-state index in [1.807, 2.05) is 0 Å². The van der Waals surface area contributed by atoms with Crippen LogP contribution in [0.1, 0.15) is 11.1 Å². The Morgan fingerprint density at radius 3 is 2.24 bits per heavy atom. The fourth-order valence-electron chi connectivity index (χ4n) is 1.69. The Hall–Kier alpha value is -2.39. The van der Waals surface area contributed by atoms with Crippen LogP contribution in [0.2, 0.25) is 0 Å². The average Bonchev–Trinajstić information content (AvgIpc) is 2.43. The summed E-state index contributed by atoms with van der Waals surface area (Å²) in [6.07, 6.45) is -0.107. The van der Waals surface area contributed by atoms with E-state index in [0.717, 1.165) is 23.9 Å². The van der Waals surface area contributed by atoms with Crippen molar-refractivity contribution in [2.24, 2.45) is 0 Å². The molecule has 106 valence electrons. The Morgan fingerprint density at radius 1 is 1.19 bits per heavy atom. The first-order valence-electron chi connectivity index (χ1n) is 5.87. The molecule has 0 aliphatic rings. The molecule has 0 fully saturated rings. The third-order valence-electron chi connectivity index (χ3n) is 2.63. The highest BCUT2D eigenvalue weighted by Crippen LogP contribution is 2.32. The van der Waals surface area contributed by atoms with E-state index in [-0.39, 0.29) is 16.9 Å². The van der Waals surface area contributed by atoms with Crippen LogP contribution >= 0.6 is 11.8 Å². The van der Waals surface area contributed by atoms with Crippen molar-refractivity contribution in [1.29, 1.82) is 5.26 Å². The van der Waals surface area contributed by atoms with Crippen molar-refractivity contribution in [3.8, 4) is 6.07 Å². The van der Waals surface area contributed by atoms with Crippen LogP contribution in [0.5, 0.6) is 0 Å². The summed E-state index contributed by atoms with van der Waals surface area (Å²) in [5, 5.41) is 17.3. The average molecular weight is 305 g/mol. The van der Waals surface area contributed by atoms with Crippen molar-refractivity contribution in [2.45, 2.75) is 16.2 Å². The SMILES string of the molecule is N#Cc1cc(F)c(Sc2ccc(CC(=O)O)cc2)c(F)c1. The first-order valence-corrected chi connectivity index (χ1v) is 6.69. The summed E-state index contributed by atoms with van der Waals surface area (Å²) >= 11 is 0.881. The number of halogens is 2. The minimum absolute atomic E-state index is 0.0776. The summed E-state index contributed by atoms with van der Waals surface area (Å²) in [5.41, 5.74) is 0.527. The molecule has 3 nitrogen and oxygen atoms in total. The lowest BCUT2D eigenvalue weighted by Crippen LogP contribution is -1.99. The molecule has 2 rings (SSSR count). The third-order valence-corrected chi connectivity index (χ3v) is 3.73. The third kappa shape index (κ3) is 3.80. The van der Waals surface area contributed by atoms with Gasteiger partial charge < -0.3 is 5.11 Å². The fourth-order valence-corrected chi connectivity index (χ4v) is 2.51. The predicted octanol–water partition coefficient (Wildman–Crippen LogP) is 3.61. The summed E-state index contributed by atoms with van der Waals surface area (Å²) in [4.78, 5) is 10.9. The molecular weight excluding hydrogens is 296 g/mol. The molecule has 0 saturated carbocycles. The normalized spacial score (nSPS) is 10.1. The minimum atomic E-state index is -0.945. The highest BCUT2D eigenvalue weighted by molar-refractivity contribution is 7.99. The molecule has 1 N–H and O–H groups in total. The number of nitriles is 1. The van der Waals surface area contributed by atoms with Gasteiger partial charge >= 0.3 is 5.97 Å². The summed E-state index contributed by atoms with van der Waals surface area (Å²) in [6.45, 7) is 0. The van der Waals surface area contributed by atoms with Gasteiger partial charge in [0.15, 0.2) is 0 Å². The van der Waals surface area contributed by atoms with Gasteiger partial charge in [-0.05, 0) is 29.8 Å². The Bertz CT molecular complexity index is 700. The lowest BCUT2D eigenvalue weighted by atomic mass is 10.2. The van der Waals surface area contributed by atoms with E-state index in [2.05, 4.69) is 0 Å². The molecule has 0 aliphatic heterocycles. The fraction of sp³-hybridized carbons (Fsp3) is 0.0667. The van der Waals surface area contributed by atoms with Gasteiger partial charge in [-0.15, -0.1) is 0 Å². The van der Waals surface area contributed by atoms with Crippen LogP contribution in [0.15, 0.2) is 46.2 Å². The number of nitrogens with zero attached hydrogens (tertiary/aromatic N) is 1. The van der Waals surface area contributed by atoms with E-state index in [4.69, 9.17) is 10.4 Å². The van der Waals surface area contributed by atoms with Crippen molar-refractivity contribution in [2.75, 3.05) is 0 Å². The molecule has 0 heterocycles. The van der Waals surface area contributed by atoms with Gasteiger partial charge in [0.2, 0.25) is 0 Å². The molecule has 0 radical (unpaired) electrons. The number of hydrogen-bond donors (Lipinski definition) is 1. The molecule has 0 spiro atoms. The summed E-state index contributed by atoms with van der Waals surface area (Å²) < 4.78 is 27.5. The number of carbonyl (C=O) groups is 1. The van der Waals surface area contributed by atoms with Gasteiger partial charge in [-0.25, -0.2) is 8.78 Å². The Kier molecular flexibility index (Phi) is 4.55. The summed E-state index contributed by atoms with van der Waals surface area (Å²) in [7, 11) is 0. The highest BCUT2D eigenvalue weighted by Gasteiger charge is 2.13. The van der Waals surface area contributed by atoms with Crippen molar-refractivity contribution in [3.63, 3.8) is 0 Å². The monoisotopic (exact) mass is 305 g/mol. The largest absolute Gasteiger partial charge is 0.481 e. The zero-order chi connectivity index (χ0) is 15.4. The second kappa shape index (κ2) is 6.37. The lowest BCUT2D eigenvalue weighted by molar-refractivity contribution is -0.136. The van der Waals surface area contributed by atoms with Gasteiger partial charge in [0.1, 0.15) is 11.6 Å². The topological polar surface area (TPSA) is 61.1 Å². The molecule has 0 amide bonds. The molecular formula is C15H9F2NO2S. The van der Waals surface area contributed by atoms with Crippen LogP contribution in [-0.2, 0) is 11.2 Å². The van der Waals surface area contributed by atoms with Crippen molar-refractivity contribution >= 4 is 17.7 Å². The molecule has 21 heavy (non-hydrogen) atoms. The maximum absolute atomic E-state index is 13.7. The first-order chi connectivity index (χ1) is 9.99. The predicted molar refractivity (Wildman–Crippen MR) is 73.0 cm³/mol. The molecule has 6 heteroatoms.